The van der Waals surface area contributed by atoms with Crippen LogP contribution in [-0.4, -0.2) is 5.11 Å². The van der Waals surface area contributed by atoms with Gasteiger partial charge in [0, 0.05) is 0 Å². The maximum absolute atomic E-state index is 13.4. The van der Waals surface area contributed by atoms with Crippen molar-refractivity contribution in [2.45, 2.75) is 13.0 Å². The van der Waals surface area contributed by atoms with Crippen LogP contribution >= 0.6 is 15.9 Å². The molecule has 0 aliphatic heterocycles. The van der Waals surface area contributed by atoms with Gasteiger partial charge in [-0.15, -0.1) is 0 Å². The monoisotopic (exact) mass is 310 g/mol. The van der Waals surface area contributed by atoms with Crippen molar-refractivity contribution in [3.05, 3.63) is 58.3 Å². The van der Waals surface area contributed by atoms with Gasteiger partial charge in [0.05, 0.1) is 10.6 Å². The number of hydrogen-bond donors (Lipinski definition) is 1. The molecule has 0 heterocycles. The molecule has 0 fully saturated rings. The Hall–Kier alpha value is -1.39. The molecule has 0 aliphatic carbocycles. The molecule has 1 atom stereocenters. The van der Waals surface area contributed by atoms with Crippen molar-refractivity contribution < 1.29 is 14.2 Å². The minimum Gasteiger partial charge on any atom is -0.453 e. The van der Waals surface area contributed by atoms with Gasteiger partial charge in [0.2, 0.25) is 0 Å². The molecule has 2 rings (SSSR count). The molecule has 0 bridgehead atoms. The van der Waals surface area contributed by atoms with Gasteiger partial charge in [0.15, 0.2) is 11.6 Å². The van der Waals surface area contributed by atoms with E-state index in [1.165, 1.54) is 6.07 Å². The summed E-state index contributed by atoms with van der Waals surface area (Å²) in [7, 11) is 0. The van der Waals surface area contributed by atoms with E-state index < -0.39 is 11.9 Å². The van der Waals surface area contributed by atoms with Crippen LogP contribution in [0.4, 0.5) is 4.39 Å². The lowest BCUT2D eigenvalue weighted by molar-refractivity contribution is 0.199. The maximum atomic E-state index is 13.4. The van der Waals surface area contributed by atoms with Crippen LogP contribution < -0.4 is 4.74 Å². The van der Waals surface area contributed by atoms with Crippen LogP contribution in [0, 0.1) is 5.82 Å². The predicted octanol–water partition coefficient (Wildman–Crippen LogP) is 4.43. The highest BCUT2D eigenvalue weighted by molar-refractivity contribution is 9.10. The van der Waals surface area contributed by atoms with Crippen LogP contribution in [0.3, 0.4) is 0 Å². The summed E-state index contributed by atoms with van der Waals surface area (Å²) in [6.45, 7) is 1.68. The summed E-state index contributed by atoms with van der Waals surface area (Å²) in [6, 6.07) is 11.4. The van der Waals surface area contributed by atoms with Crippen molar-refractivity contribution in [1.82, 2.24) is 0 Å². The fourth-order valence-corrected chi connectivity index (χ4v) is 1.98. The molecule has 0 saturated carbocycles. The van der Waals surface area contributed by atoms with Gasteiger partial charge in [-0.2, -0.15) is 0 Å². The highest BCUT2D eigenvalue weighted by Crippen LogP contribution is 2.32. The Bertz CT molecular complexity index is 555. The largest absolute Gasteiger partial charge is 0.453 e. The predicted molar refractivity (Wildman–Crippen MR) is 71.2 cm³/mol. The lowest BCUT2D eigenvalue weighted by atomic mass is 10.1. The highest BCUT2D eigenvalue weighted by Gasteiger charge is 2.09. The Morgan fingerprint density at radius 1 is 1.17 bits per heavy atom. The quantitative estimate of drug-likeness (QED) is 0.908. The summed E-state index contributed by atoms with van der Waals surface area (Å²) in [4.78, 5) is 0. The second-order valence-corrected chi connectivity index (χ2v) is 4.75. The maximum Gasteiger partial charge on any atom is 0.165 e. The minimum absolute atomic E-state index is 0.169. The fourth-order valence-electron chi connectivity index (χ4n) is 1.51. The Kier molecular flexibility index (Phi) is 3.99. The third kappa shape index (κ3) is 2.89. The third-order valence-corrected chi connectivity index (χ3v) is 3.11. The number of benzene rings is 2. The SMILES string of the molecule is C[C@@H](O)c1ccc(Oc2ccccc2F)c(Br)c1. The van der Waals surface area contributed by atoms with E-state index >= 15 is 0 Å². The first-order valence-electron chi connectivity index (χ1n) is 5.48. The highest BCUT2D eigenvalue weighted by atomic mass is 79.9. The number of ether oxygens (including phenoxy) is 1. The second-order valence-electron chi connectivity index (χ2n) is 3.90. The molecule has 18 heavy (non-hydrogen) atoms. The van der Waals surface area contributed by atoms with Gasteiger partial charge in [-0.1, -0.05) is 18.2 Å². The molecule has 0 saturated heterocycles. The van der Waals surface area contributed by atoms with E-state index in [9.17, 15) is 9.50 Å². The summed E-state index contributed by atoms with van der Waals surface area (Å²) < 4.78 is 19.6. The number of rotatable bonds is 3. The van der Waals surface area contributed by atoms with E-state index in [-0.39, 0.29) is 5.75 Å². The van der Waals surface area contributed by atoms with Crippen LogP contribution in [-0.2, 0) is 0 Å². The van der Waals surface area contributed by atoms with Crippen LogP contribution in [0.25, 0.3) is 0 Å². The molecule has 4 heteroatoms. The topological polar surface area (TPSA) is 29.5 Å². The Morgan fingerprint density at radius 3 is 2.50 bits per heavy atom. The van der Waals surface area contributed by atoms with Crippen LogP contribution in [0.5, 0.6) is 11.5 Å². The van der Waals surface area contributed by atoms with Crippen molar-refractivity contribution in [3.8, 4) is 11.5 Å². The molecular formula is C14H12BrFO2. The summed E-state index contributed by atoms with van der Waals surface area (Å²) in [5.41, 5.74) is 0.766. The van der Waals surface area contributed by atoms with Gasteiger partial charge in [0.1, 0.15) is 5.75 Å². The smallest absolute Gasteiger partial charge is 0.165 e. The Balaban J connectivity index is 2.28. The van der Waals surface area contributed by atoms with Crippen molar-refractivity contribution in [2.75, 3.05) is 0 Å². The van der Waals surface area contributed by atoms with E-state index in [0.717, 1.165) is 5.56 Å². The van der Waals surface area contributed by atoms with Crippen LogP contribution in [0.15, 0.2) is 46.9 Å². The molecule has 2 aromatic rings. The van der Waals surface area contributed by atoms with Gasteiger partial charge in [-0.05, 0) is 52.7 Å². The average Bonchev–Trinajstić information content (AvgIpc) is 2.34. The molecule has 1 N–H and O–H groups in total. The number of aliphatic hydroxyl groups is 1. The van der Waals surface area contributed by atoms with Gasteiger partial charge >= 0.3 is 0 Å². The minimum atomic E-state index is -0.552. The van der Waals surface area contributed by atoms with Gasteiger partial charge in [0.25, 0.3) is 0 Å². The molecule has 0 aliphatic rings. The number of para-hydroxylation sites is 1. The lowest BCUT2D eigenvalue weighted by Crippen LogP contribution is -1.93. The van der Waals surface area contributed by atoms with Gasteiger partial charge in [-0.25, -0.2) is 4.39 Å². The Labute approximate surface area is 113 Å². The van der Waals surface area contributed by atoms with Crippen molar-refractivity contribution >= 4 is 15.9 Å². The number of hydrogen-bond acceptors (Lipinski definition) is 2. The first-order valence-corrected chi connectivity index (χ1v) is 6.27. The molecule has 0 spiro atoms. The van der Waals surface area contributed by atoms with Crippen LogP contribution in [0.2, 0.25) is 0 Å². The molecule has 94 valence electrons. The first-order chi connectivity index (χ1) is 8.58. The third-order valence-electron chi connectivity index (χ3n) is 2.49. The van der Waals surface area contributed by atoms with E-state index in [1.54, 1.807) is 43.3 Å². The molecule has 0 aromatic heterocycles. The Morgan fingerprint density at radius 2 is 1.89 bits per heavy atom. The van der Waals surface area contributed by atoms with Crippen molar-refractivity contribution in [1.29, 1.82) is 0 Å². The second kappa shape index (κ2) is 5.50. The van der Waals surface area contributed by atoms with E-state index in [0.29, 0.717) is 10.2 Å². The number of aliphatic hydroxyl groups excluding tert-OH is 1. The van der Waals surface area contributed by atoms with E-state index in [1.807, 2.05) is 0 Å². The summed E-state index contributed by atoms with van der Waals surface area (Å²) in [6.07, 6.45) is -0.552. The molecular weight excluding hydrogens is 299 g/mol. The van der Waals surface area contributed by atoms with Gasteiger partial charge in [-0.3, -0.25) is 0 Å². The standard InChI is InChI=1S/C14H12BrFO2/c1-9(17)10-6-7-13(11(15)8-10)18-14-5-3-2-4-12(14)16/h2-9,17H,1H3/t9-/m1/s1. The average molecular weight is 311 g/mol. The summed E-state index contributed by atoms with van der Waals surface area (Å²) >= 11 is 3.34. The van der Waals surface area contributed by atoms with Crippen LogP contribution in [0.1, 0.15) is 18.6 Å². The van der Waals surface area contributed by atoms with Crippen molar-refractivity contribution in [2.24, 2.45) is 0 Å². The summed E-state index contributed by atoms with van der Waals surface area (Å²) in [5.74, 6) is 0.261. The lowest BCUT2D eigenvalue weighted by Gasteiger charge is -2.11. The zero-order valence-corrected chi connectivity index (χ0v) is 11.3. The molecule has 0 radical (unpaired) electrons. The van der Waals surface area contributed by atoms with Crippen molar-refractivity contribution in [3.63, 3.8) is 0 Å². The first kappa shape index (κ1) is 13.1. The van der Waals surface area contributed by atoms with E-state index in [2.05, 4.69) is 15.9 Å². The number of halogens is 2. The molecule has 2 aromatic carbocycles. The van der Waals surface area contributed by atoms with E-state index in [4.69, 9.17) is 4.74 Å². The zero-order valence-electron chi connectivity index (χ0n) is 9.73. The molecule has 0 amide bonds. The normalized spacial score (nSPS) is 12.2. The molecule has 2 nitrogen and oxygen atoms in total. The fraction of sp³-hybridized carbons (Fsp3) is 0.143. The zero-order chi connectivity index (χ0) is 13.1. The molecule has 0 unspecified atom stereocenters. The summed E-state index contributed by atoms with van der Waals surface area (Å²) in [5, 5.41) is 9.45. The van der Waals surface area contributed by atoms with Gasteiger partial charge < -0.3 is 9.84 Å².